The summed E-state index contributed by atoms with van der Waals surface area (Å²) in [5.74, 6) is 0.897. The molecule has 1 aliphatic carbocycles. The van der Waals surface area contributed by atoms with Crippen LogP contribution < -0.4 is 10.2 Å². The average molecular weight is 474 g/mol. The molecule has 0 spiro atoms. The highest BCUT2D eigenvalue weighted by molar-refractivity contribution is 5.67. The largest absolute Gasteiger partial charge is 0.393 e. The normalized spacial score (nSPS) is 17.3. The number of piperidine rings is 1. The van der Waals surface area contributed by atoms with Crippen LogP contribution in [0.1, 0.15) is 50.5 Å². The highest BCUT2D eigenvalue weighted by Crippen LogP contribution is 2.30. The minimum atomic E-state index is -0.530. The van der Waals surface area contributed by atoms with Gasteiger partial charge in [-0.25, -0.2) is 9.07 Å². The molecule has 3 aromatic rings. The number of nitriles is 1. The molecule has 2 fully saturated rings. The molecule has 0 atom stereocenters. The molecule has 0 amide bonds. The van der Waals surface area contributed by atoms with Crippen molar-refractivity contribution in [2.45, 2.75) is 51.0 Å². The van der Waals surface area contributed by atoms with Gasteiger partial charge in [0.2, 0.25) is 0 Å². The molecule has 2 heterocycles. The second-order valence-electron chi connectivity index (χ2n) is 9.75. The number of aliphatic hydroxyl groups is 1. The first-order chi connectivity index (χ1) is 17.1. The van der Waals surface area contributed by atoms with Gasteiger partial charge in [-0.3, -0.25) is 0 Å². The van der Waals surface area contributed by atoms with E-state index in [1.165, 1.54) is 44.2 Å². The molecule has 2 aliphatic rings. The number of rotatable bonds is 6. The van der Waals surface area contributed by atoms with Crippen molar-refractivity contribution in [3.05, 3.63) is 59.9 Å². The van der Waals surface area contributed by atoms with Gasteiger partial charge in [0.25, 0.3) is 0 Å². The van der Waals surface area contributed by atoms with Gasteiger partial charge >= 0.3 is 0 Å². The topological polar surface area (TPSA) is 77.1 Å². The molecule has 6 nitrogen and oxygen atoms in total. The summed E-state index contributed by atoms with van der Waals surface area (Å²) in [4.78, 5) is 2.29. The van der Waals surface area contributed by atoms with Crippen LogP contribution in [-0.2, 0) is 0 Å². The first kappa shape index (κ1) is 23.4. The summed E-state index contributed by atoms with van der Waals surface area (Å²) in [5.41, 5.74) is 3.49. The number of benzene rings is 2. The Morgan fingerprint density at radius 1 is 0.971 bits per heavy atom. The fourth-order valence-electron chi connectivity index (χ4n) is 5.20. The van der Waals surface area contributed by atoms with Gasteiger partial charge in [0, 0.05) is 37.0 Å². The maximum atomic E-state index is 14.5. The Labute approximate surface area is 206 Å². The molecule has 0 unspecified atom stereocenters. The molecule has 1 saturated carbocycles. The fraction of sp³-hybridized carbons (Fsp3) is 0.429. The number of nitrogens with zero attached hydrogens (tertiary/aromatic N) is 4. The van der Waals surface area contributed by atoms with Crippen LogP contribution in [0.3, 0.4) is 0 Å². The van der Waals surface area contributed by atoms with Crippen molar-refractivity contribution in [2.24, 2.45) is 5.92 Å². The maximum absolute atomic E-state index is 14.5. The van der Waals surface area contributed by atoms with Gasteiger partial charge in [-0.05, 0) is 68.0 Å². The SMILES string of the molecule is N#Cc1ccc(-c2cc(NCC3CCCCC3)nn2-c2ccc(N3CCC(O)CC3)cc2)cc1F. The van der Waals surface area contributed by atoms with Crippen molar-refractivity contribution in [3.63, 3.8) is 0 Å². The fourth-order valence-corrected chi connectivity index (χ4v) is 5.20. The molecular formula is C28H32FN5O. The van der Waals surface area contributed by atoms with Crippen LogP contribution in [0, 0.1) is 23.1 Å². The van der Waals surface area contributed by atoms with E-state index in [1.54, 1.807) is 6.07 Å². The van der Waals surface area contributed by atoms with Gasteiger partial charge in [-0.15, -0.1) is 5.10 Å². The second kappa shape index (κ2) is 10.5. The van der Waals surface area contributed by atoms with E-state index in [0.717, 1.165) is 55.4 Å². The minimum absolute atomic E-state index is 0.0338. The summed E-state index contributed by atoms with van der Waals surface area (Å²) in [6.07, 6.45) is 7.76. The van der Waals surface area contributed by atoms with Gasteiger partial charge in [0.1, 0.15) is 17.7 Å². The van der Waals surface area contributed by atoms with Crippen molar-refractivity contribution in [1.82, 2.24) is 9.78 Å². The highest BCUT2D eigenvalue weighted by atomic mass is 19.1. The molecular weight excluding hydrogens is 441 g/mol. The van der Waals surface area contributed by atoms with Crippen LogP contribution >= 0.6 is 0 Å². The third kappa shape index (κ3) is 5.33. The molecule has 7 heteroatoms. The third-order valence-corrected chi connectivity index (χ3v) is 7.32. The van der Waals surface area contributed by atoms with Gasteiger partial charge in [-0.2, -0.15) is 5.26 Å². The molecule has 1 aromatic heterocycles. The molecule has 2 N–H and O–H groups in total. The lowest BCUT2D eigenvalue weighted by Crippen LogP contribution is -2.35. The Hall–Kier alpha value is -3.37. The zero-order valence-electron chi connectivity index (χ0n) is 20.0. The smallest absolute Gasteiger partial charge is 0.149 e. The van der Waals surface area contributed by atoms with Gasteiger partial charge in [-0.1, -0.05) is 25.3 Å². The van der Waals surface area contributed by atoms with Crippen LogP contribution in [-0.4, -0.2) is 40.6 Å². The first-order valence-electron chi connectivity index (χ1n) is 12.7. The Kier molecular flexibility index (Phi) is 7.01. The van der Waals surface area contributed by atoms with Crippen molar-refractivity contribution in [2.75, 3.05) is 29.9 Å². The molecule has 5 rings (SSSR count). The Balaban J connectivity index is 1.43. The summed E-state index contributed by atoms with van der Waals surface area (Å²) in [6.45, 7) is 2.57. The van der Waals surface area contributed by atoms with Crippen molar-refractivity contribution in [1.29, 1.82) is 5.26 Å². The number of hydrogen-bond donors (Lipinski definition) is 2. The van der Waals surface area contributed by atoms with E-state index < -0.39 is 5.82 Å². The third-order valence-electron chi connectivity index (χ3n) is 7.32. The quantitative estimate of drug-likeness (QED) is 0.494. The highest BCUT2D eigenvalue weighted by Gasteiger charge is 2.19. The van der Waals surface area contributed by atoms with E-state index in [4.69, 9.17) is 10.4 Å². The number of halogens is 1. The average Bonchev–Trinajstić information content (AvgIpc) is 3.33. The Bertz CT molecular complexity index is 1190. The van der Waals surface area contributed by atoms with Crippen LogP contribution in [0.4, 0.5) is 15.9 Å². The molecule has 2 aromatic carbocycles. The van der Waals surface area contributed by atoms with Crippen LogP contribution in [0.2, 0.25) is 0 Å². The summed E-state index contributed by atoms with van der Waals surface area (Å²) in [5, 5.41) is 27.3. The van der Waals surface area contributed by atoms with Crippen LogP contribution in [0.15, 0.2) is 48.5 Å². The molecule has 0 radical (unpaired) electrons. The zero-order valence-corrected chi connectivity index (χ0v) is 20.0. The van der Waals surface area contributed by atoms with Gasteiger partial charge < -0.3 is 15.3 Å². The lowest BCUT2D eigenvalue weighted by Gasteiger charge is -2.31. The molecule has 1 saturated heterocycles. The number of aliphatic hydroxyl groups excluding tert-OH is 1. The number of nitrogens with one attached hydrogen (secondary N) is 1. The predicted molar refractivity (Wildman–Crippen MR) is 136 cm³/mol. The van der Waals surface area contributed by atoms with Gasteiger partial charge in [0.05, 0.1) is 23.0 Å². The second-order valence-corrected chi connectivity index (χ2v) is 9.75. The Morgan fingerprint density at radius 3 is 2.37 bits per heavy atom. The molecule has 182 valence electrons. The minimum Gasteiger partial charge on any atom is -0.393 e. The molecule has 0 bridgehead atoms. The van der Waals surface area contributed by atoms with Crippen molar-refractivity contribution >= 4 is 11.5 Å². The predicted octanol–water partition coefficient (Wildman–Crippen LogP) is 5.50. The number of hydrogen-bond acceptors (Lipinski definition) is 5. The summed E-state index contributed by atoms with van der Waals surface area (Å²) in [7, 11) is 0. The molecule has 1 aliphatic heterocycles. The van der Waals surface area contributed by atoms with Crippen LogP contribution in [0.25, 0.3) is 16.9 Å². The number of anilines is 2. The monoisotopic (exact) mass is 473 g/mol. The summed E-state index contributed by atoms with van der Waals surface area (Å²) in [6, 6.07) is 16.8. The standard InChI is InChI=1S/C28H32FN5O/c29-26-16-21(6-7-22(26)18-30)27-17-28(31-19-20-4-2-1-3-5-20)32-34(27)24-10-8-23(9-11-24)33-14-12-25(35)13-15-33/h6-11,16-17,20,25,35H,1-5,12-15,19H2,(H,31,32). The zero-order chi connectivity index (χ0) is 24.2. The van der Waals surface area contributed by atoms with E-state index in [2.05, 4.69) is 22.3 Å². The van der Waals surface area contributed by atoms with E-state index in [1.807, 2.05) is 29.0 Å². The Morgan fingerprint density at radius 2 is 1.69 bits per heavy atom. The van der Waals surface area contributed by atoms with E-state index in [0.29, 0.717) is 11.5 Å². The van der Waals surface area contributed by atoms with Crippen LogP contribution in [0.5, 0.6) is 0 Å². The lowest BCUT2D eigenvalue weighted by atomic mass is 9.89. The van der Waals surface area contributed by atoms with Crippen molar-refractivity contribution < 1.29 is 9.50 Å². The van der Waals surface area contributed by atoms with E-state index in [-0.39, 0.29) is 11.7 Å². The van der Waals surface area contributed by atoms with E-state index >= 15 is 0 Å². The summed E-state index contributed by atoms with van der Waals surface area (Å²) < 4.78 is 16.3. The first-order valence-corrected chi connectivity index (χ1v) is 12.7. The number of aromatic nitrogens is 2. The van der Waals surface area contributed by atoms with Gasteiger partial charge in [0.15, 0.2) is 0 Å². The van der Waals surface area contributed by atoms with E-state index in [9.17, 15) is 9.50 Å². The molecule has 35 heavy (non-hydrogen) atoms. The lowest BCUT2D eigenvalue weighted by molar-refractivity contribution is 0.145. The maximum Gasteiger partial charge on any atom is 0.149 e. The summed E-state index contributed by atoms with van der Waals surface area (Å²) >= 11 is 0. The van der Waals surface area contributed by atoms with Crippen molar-refractivity contribution in [3.8, 4) is 23.0 Å².